The van der Waals surface area contributed by atoms with Gasteiger partial charge in [0.25, 0.3) is 0 Å². The van der Waals surface area contributed by atoms with Crippen LogP contribution in [0.3, 0.4) is 0 Å². The second-order valence-corrected chi connectivity index (χ2v) is 4.93. The number of nitrogens with one attached hydrogen (secondary N) is 1. The molecule has 1 aromatic rings. The fourth-order valence-corrected chi connectivity index (χ4v) is 2.55. The first kappa shape index (κ1) is 12.7. The summed E-state index contributed by atoms with van der Waals surface area (Å²) in [7, 11) is 2.09. The molecule has 0 amide bonds. The molecule has 1 unspecified atom stereocenters. The smallest absolute Gasteiger partial charge is 0.00672 e. The van der Waals surface area contributed by atoms with Gasteiger partial charge in [0.1, 0.15) is 0 Å². The molecule has 1 heterocycles. The van der Waals surface area contributed by atoms with Crippen LogP contribution in [0.25, 0.3) is 0 Å². The molecule has 0 aliphatic carbocycles. The van der Waals surface area contributed by atoms with Gasteiger partial charge in [0.05, 0.1) is 0 Å². The minimum atomic E-state index is 0.705. The van der Waals surface area contributed by atoms with Crippen molar-refractivity contribution in [2.75, 3.05) is 7.05 Å². The SMILES string of the molecule is CCCCCC(CCc1ccsc1)NC. The van der Waals surface area contributed by atoms with Crippen LogP contribution in [-0.4, -0.2) is 13.1 Å². The first-order valence-electron chi connectivity index (χ1n) is 6.05. The molecule has 15 heavy (non-hydrogen) atoms. The van der Waals surface area contributed by atoms with E-state index in [0.29, 0.717) is 6.04 Å². The Morgan fingerprint density at radius 1 is 1.33 bits per heavy atom. The van der Waals surface area contributed by atoms with E-state index in [1.54, 1.807) is 11.3 Å². The Kier molecular flexibility index (Phi) is 6.69. The second-order valence-electron chi connectivity index (χ2n) is 4.15. The van der Waals surface area contributed by atoms with Crippen molar-refractivity contribution in [3.63, 3.8) is 0 Å². The van der Waals surface area contributed by atoms with E-state index in [1.807, 2.05) is 0 Å². The van der Waals surface area contributed by atoms with E-state index in [9.17, 15) is 0 Å². The zero-order valence-electron chi connectivity index (χ0n) is 9.96. The van der Waals surface area contributed by atoms with Gasteiger partial charge in [-0.3, -0.25) is 0 Å². The maximum Gasteiger partial charge on any atom is 0.00672 e. The molecule has 0 fully saturated rings. The van der Waals surface area contributed by atoms with Gasteiger partial charge in [0, 0.05) is 6.04 Å². The van der Waals surface area contributed by atoms with E-state index < -0.39 is 0 Å². The third-order valence-corrected chi connectivity index (χ3v) is 3.66. The number of unbranched alkanes of at least 4 members (excludes halogenated alkanes) is 2. The minimum Gasteiger partial charge on any atom is -0.317 e. The Balaban J connectivity index is 2.16. The maximum atomic E-state index is 3.43. The second kappa shape index (κ2) is 7.89. The lowest BCUT2D eigenvalue weighted by Gasteiger charge is -2.15. The summed E-state index contributed by atoms with van der Waals surface area (Å²) >= 11 is 1.80. The molecule has 1 rings (SSSR count). The van der Waals surface area contributed by atoms with Gasteiger partial charge in [-0.05, 0) is 48.7 Å². The van der Waals surface area contributed by atoms with Crippen molar-refractivity contribution < 1.29 is 0 Å². The number of hydrogen-bond donors (Lipinski definition) is 1. The van der Waals surface area contributed by atoms with Crippen molar-refractivity contribution in [1.82, 2.24) is 5.32 Å². The van der Waals surface area contributed by atoms with E-state index in [0.717, 1.165) is 0 Å². The Bertz CT molecular complexity index is 231. The average Bonchev–Trinajstić information content (AvgIpc) is 2.76. The molecule has 2 heteroatoms. The van der Waals surface area contributed by atoms with Crippen LogP contribution in [0.15, 0.2) is 16.8 Å². The van der Waals surface area contributed by atoms with E-state index in [1.165, 1.54) is 44.1 Å². The maximum absolute atomic E-state index is 3.43. The number of aryl methyl sites for hydroxylation is 1. The summed E-state index contributed by atoms with van der Waals surface area (Å²) in [6.07, 6.45) is 7.88. The Morgan fingerprint density at radius 2 is 2.20 bits per heavy atom. The zero-order chi connectivity index (χ0) is 10.9. The van der Waals surface area contributed by atoms with Crippen LogP contribution >= 0.6 is 11.3 Å². The van der Waals surface area contributed by atoms with Crippen LogP contribution in [-0.2, 0) is 6.42 Å². The quantitative estimate of drug-likeness (QED) is 0.663. The summed E-state index contributed by atoms with van der Waals surface area (Å²) in [4.78, 5) is 0. The number of rotatable bonds is 8. The highest BCUT2D eigenvalue weighted by Gasteiger charge is 2.05. The third kappa shape index (κ3) is 5.33. The number of thiophene rings is 1. The van der Waals surface area contributed by atoms with E-state index in [4.69, 9.17) is 0 Å². The molecule has 0 spiro atoms. The summed E-state index contributed by atoms with van der Waals surface area (Å²) in [6, 6.07) is 2.94. The van der Waals surface area contributed by atoms with Crippen LogP contribution in [0, 0.1) is 0 Å². The molecular formula is C13H23NS. The fourth-order valence-electron chi connectivity index (χ4n) is 1.85. The lowest BCUT2D eigenvalue weighted by atomic mass is 10.0. The van der Waals surface area contributed by atoms with Crippen LogP contribution in [0.4, 0.5) is 0 Å². The molecule has 0 saturated heterocycles. The first-order valence-corrected chi connectivity index (χ1v) is 6.99. The largest absolute Gasteiger partial charge is 0.317 e. The molecule has 0 aromatic carbocycles. The van der Waals surface area contributed by atoms with E-state index >= 15 is 0 Å². The molecule has 0 radical (unpaired) electrons. The summed E-state index contributed by atoms with van der Waals surface area (Å²) in [5.41, 5.74) is 1.50. The van der Waals surface area contributed by atoms with Crippen LogP contribution in [0.2, 0.25) is 0 Å². The van der Waals surface area contributed by atoms with E-state index in [-0.39, 0.29) is 0 Å². The normalized spacial score (nSPS) is 12.9. The van der Waals surface area contributed by atoms with E-state index in [2.05, 4.69) is 36.1 Å². The molecule has 1 N–H and O–H groups in total. The number of hydrogen-bond acceptors (Lipinski definition) is 2. The van der Waals surface area contributed by atoms with Crippen molar-refractivity contribution in [2.24, 2.45) is 0 Å². The Morgan fingerprint density at radius 3 is 2.80 bits per heavy atom. The van der Waals surface area contributed by atoms with Gasteiger partial charge in [0.2, 0.25) is 0 Å². The predicted octanol–water partition coefficient (Wildman–Crippen LogP) is 3.85. The summed E-state index contributed by atoms with van der Waals surface area (Å²) in [5.74, 6) is 0. The van der Waals surface area contributed by atoms with Gasteiger partial charge in [0.15, 0.2) is 0 Å². The topological polar surface area (TPSA) is 12.0 Å². The fraction of sp³-hybridized carbons (Fsp3) is 0.692. The minimum absolute atomic E-state index is 0.705. The van der Waals surface area contributed by atoms with Crippen molar-refractivity contribution in [1.29, 1.82) is 0 Å². The molecule has 1 atom stereocenters. The molecule has 0 bridgehead atoms. The van der Waals surface area contributed by atoms with Gasteiger partial charge >= 0.3 is 0 Å². The van der Waals surface area contributed by atoms with Gasteiger partial charge in [-0.2, -0.15) is 11.3 Å². The summed E-state index contributed by atoms with van der Waals surface area (Å²) < 4.78 is 0. The standard InChI is InChI=1S/C13H23NS/c1-3-4-5-6-13(14-2)8-7-12-9-10-15-11-12/h9-11,13-14H,3-8H2,1-2H3. The molecule has 1 nitrogen and oxygen atoms in total. The third-order valence-electron chi connectivity index (χ3n) is 2.93. The van der Waals surface area contributed by atoms with Crippen LogP contribution in [0.5, 0.6) is 0 Å². The van der Waals surface area contributed by atoms with Gasteiger partial charge in [-0.25, -0.2) is 0 Å². The lowest BCUT2D eigenvalue weighted by Crippen LogP contribution is -2.25. The van der Waals surface area contributed by atoms with Crippen molar-refractivity contribution in [2.45, 2.75) is 51.5 Å². The molecule has 1 aromatic heterocycles. The van der Waals surface area contributed by atoms with Gasteiger partial charge in [-0.1, -0.05) is 26.2 Å². The summed E-state index contributed by atoms with van der Waals surface area (Å²) in [6.45, 7) is 2.26. The molecule has 86 valence electrons. The highest BCUT2D eigenvalue weighted by atomic mass is 32.1. The molecule has 0 saturated carbocycles. The van der Waals surface area contributed by atoms with Gasteiger partial charge < -0.3 is 5.32 Å². The van der Waals surface area contributed by atoms with Crippen molar-refractivity contribution in [3.05, 3.63) is 22.4 Å². The van der Waals surface area contributed by atoms with Gasteiger partial charge in [-0.15, -0.1) is 0 Å². The predicted molar refractivity (Wildman–Crippen MR) is 69.6 cm³/mol. The average molecular weight is 225 g/mol. The highest BCUT2D eigenvalue weighted by molar-refractivity contribution is 7.07. The monoisotopic (exact) mass is 225 g/mol. The highest BCUT2D eigenvalue weighted by Crippen LogP contribution is 2.12. The van der Waals surface area contributed by atoms with Crippen molar-refractivity contribution >= 4 is 11.3 Å². The van der Waals surface area contributed by atoms with Crippen LogP contribution in [0.1, 0.15) is 44.6 Å². The lowest BCUT2D eigenvalue weighted by molar-refractivity contribution is 0.465. The molecule has 0 aliphatic rings. The Hall–Kier alpha value is -0.340. The summed E-state index contributed by atoms with van der Waals surface area (Å²) in [5, 5.41) is 7.86. The zero-order valence-corrected chi connectivity index (χ0v) is 10.8. The van der Waals surface area contributed by atoms with Crippen LogP contribution < -0.4 is 5.32 Å². The Labute approximate surface area is 97.9 Å². The molecule has 0 aliphatic heterocycles. The first-order chi connectivity index (χ1) is 7.36. The molecular weight excluding hydrogens is 202 g/mol. The van der Waals surface area contributed by atoms with Crippen molar-refractivity contribution in [3.8, 4) is 0 Å².